The van der Waals surface area contributed by atoms with Gasteiger partial charge < -0.3 is 21.5 Å². The van der Waals surface area contributed by atoms with Gasteiger partial charge >= 0.3 is 6.09 Å². The lowest BCUT2D eigenvalue weighted by Gasteiger charge is -2.13. The van der Waals surface area contributed by atoms with Gasteiger partial charge in [0.2, 0.25) is 5.91 Å². The maximum Gasteiger partial charge on any atom is 0.407 e. The molecule has 0 spiro atoms. The number of nitrogens with two attached hydrogens (primary N) is 2. The number of halogens is 1. The molecule has 0 aliphatic carbocycles. The van der Waals surface area contributed by atoms with Crippen LogP contribution in [0.1, 0.15) is 5.56 Å². The third-order valence-corrected chi connectivity index (χ3v) is 2.64. The van der Waals surface area contributed by atoms with Crippen molar-refractivity contribution in [3.63, 3.8) is 0 Å². The molecule has 2 amide bonds. The fourth-order valence-corrected chi connectivity index (χ4v) is 1.61. The first-order valence-electron chi connectivity index (χ1n) is 5.67. The van der Waals surface area contributed by atoms with Crippen molar-refractivity contribution in [2.45, 2.75) is 12.5 Å². The molecule has 6 nitrogen and oxygen atoms in total. The van der Waals surface area contributed by atoms with E-state index in [2.05, 4.69) is 5.32 Å². The van der Waals surface area contributed by atoms with Crippen LogP contribution >= 0.6 is 11.6 Å². The van der Waals surface area contributed by atoms with Crippen LogP contribution in [0.3, 0.4) is 0 Å². The minimum atomic E-state index is -0.728. The van der Waals surface area contributed by atoms with E-state index in [0.717, 1.165) is 5.56 Å². The second-order valence-electron chi connectivity index (χ2n) is 3.97. The Morgan fingerprint density at radius 3 is 2.68 bits per heavy atom. The summed E-state index contributed by atoms with van der Waals surface area (Å²) in [5.41, 5.74) is 11.6. The Morgan fingerprint density at radius 2 is 2.05 bits per heavy atom. The number of amides is 2. The number of ether oxygens (including phenoxy) is 1. The van der Waals surface area contributed by atoms with Crippen LogP contribution in [-0.2, 0) is 16.0 Å². The number of benzene rings is 1. The number of hydrogen-bond acceptors (Lipinski definition) is 4. The van der Waals surface area contributed by atoms with Crippen LogP contribution in [0.25, 0.3) is 0 Å². The van der Waals surface area contributed by atoms with E-state index in [9.17, 15) is 9.59 Å². The first kappa shape index (κ1) is 15.3. The van der Waals surface area contributed by atoms with E-state index in [0.29, 0.717) is 11.4 Å². The Morgan fingerprint density at radius 1 is 1.37 bits per heavy atom. The van der Waals surface area contributed by atoms with Gasteiger partial charge in [-0.05, 0) is 18.1 Å². The molecule has 1 aromatic rings. The van der Waals surface area contributed by atoms with Gasteiger partial charge in [0.05, 0.1) is 6.54 Å². The smallest absolute Gasteiger partial charge is 0.407 e. The molecule has 0 unspecified atom stereocenters. The van der Waals surface area contributed by atoms with Crippen LogP contribution in [0.2, 0.25) is 5.02 Å². The SMILES string of the molecule is NC(=O)CNC(=O)OC[C@H](N)Cc1ccccc1Cl. The Balaban J connectivity index is 2.32. The molecule has 0 radical (unpaired) electrons. The molecule has 0 aliphatic rings. The lowest BCUT2D eigenvalue weighted by Crippen LogP contribution is -2.37. The minimum absolute atomic E-state index is 0.0236. The number of carbonyl (C=O) groups excluding carboxylic acids is 2. The Bertz CT molecular complexity index is 454. The van der Waals surface area contributed by atoms with Crippen LogP contribution in [0.4, 0.5) is 4.79 Å². The predicted molar refractivity (Wildman–Crippen MR) is 71.7 cm³/mol. The van der Waals surface area contributed by atoms with Gasteiger partial charge in [0.25, 0.3) is 0 Å². The second kappa shape index (κ2) is 7.60. The van der Waals surface area contributed by atoms with Crippen molar-refractivity contribution in [3.05, 3.63) is 34.9 Å². The molecule has 0 fully saturated rings. The standard InChI is InChI=1S/C12H16ClN3O3/c13-10-4-2-1-3-8(10)5-9(14)7-19-12(18)16-6-11(15)17/h1-4,9H,5-7,14H2,(H2,15,17)(H,16,18)/t9-/m1/s1. The van der Waals surface area contributed by atoms with Gasteiger partial charge in [-0.1, -0.05) is 29.8 Å². The summed E-state index contributed by atoms with van der Waals surface area (Å²) in [6.07, 6.45) is -0.239. The summed E-state index contributed by atoms with van der Waals surface area (Å²) >= 11 is 5.99. The molecule has 0 aromatic heterocycles. The van der Waals surface area contributed by atoms with Crippen molar-refractivity contribution < 1.29 is 14.3 Å². The van der Waals surface area contributed by atoms with Crippen LogP contribution in [0.15, 0.2) is 24.3 Å². The van der Waals surface area contributed by atoms with Gasteiger partial charge in [-0.2, -0.15) is 0 Å². The molecule has 1 rings (SSSR count). The number of hydrogen-bond donors (Lipinski definition) is 3. The summed E-state index contributed by atoms with van der Waals surface area (Å²) in [5.74, 6) is -0.641. The summed E-state index contributed by atoms with van der Waals surface area (Å²) in [5, 5.41) is 2.82. The van der Waals surface area contributed by atoms with Crippen molar-refractivity contribution in [2.75, 3.05) is 13.2 Å². The van der Waals surface area contributed by atoms with E-state index in [4.69, 9.17) is 27.8 Å². The number of rotatable bonds is 6. The zero-order chi connectivity index (χ0) is 14.3. The van der Waals surface area contributed by atoms with Crippen molar-refractivity contribution in [1.82, 2.24) is 5.32 Å². The van der Waals surface area contributed by atoms with Crippen LogP contribution < -0.4 is 16.8 Å². The first-order chi connectivity index (χ1) is 8.99. The third kappa shape index (κ3) is 6.08. The monoisotopic (exact) mass is 285 g/mol. The zero-order valence-corrected chi connectivity index (χ0v) is 11.0. The number of carbonyl (C=O) groups is 2. The highest BCUT2D eigenvalue weighted by molar-refractivity contribution is 6.31. The van der Waals surface area contributed by atoms with Crippen molar-refractivity contribution in [3.8, 4) is 0 Å². The second-order valence-corrected chi connectivity index (χ2v) is 4.38. The van der Waals surface area contributed by atoms with E-state index in [1.807, 2.05) is 18.2 Å². The molecule has 104 valence electrons. The van der Waals surface area contributed by atoms with Crippen LogP contribution in [0, 0.1) is 0 Å². The van der Waals surface area contributed by atoms with E-state index in [1.165, 1.54) is 0 Å². The molecular formula is C12H16ClN3O3. The van der Waals surface area contributed by atoms with Gasteiger partial charge in [0, 0.05) is 11.1 Å². The van der Waals surface area contributed by atoms with Crippen LogP contribution in [-0.4, -0.2) is 31.2 Å². The minimum Gasteiger partial charge on any atom is -0.448 e. The summed E-state index contributed by atoms with van der Waals surface area (Å²) in [6.45, 7) is -0.242. The number of primary amides is 1. The molecule has 19 heavy (non-hydrogen) atoms. The van der Waals surface area contributed by atoms with E-state index >= 15 is 0 Å². The highest BCUT2D eigenvalue weighted by atomic mass is 35.5. The Labute approximate surface area is 116 Å². The summed E-state index contributed by atoms with van der Waals surface area (Å²) < 4.78 is 4.84. The average Bonchev–Trinajstić information content (AvgIpc) is 2.36. The number of nitrogens with one attached hydrogen (secondary N) is 1. The quantitative estimate of drug-likeness (QED) is 0.704. The molecule has 0 aliphatic heterocycles. The molecule has 0 saturated heterocycles. The molecular weight excluding hydrogens is 270 g/mol. The van der Waals surface area contributed by atoms with Gasteiger partial charge in [-0.25, -0.2) is 4.79 Å². The maximum absolute atomic E-state index is 11.1. The molecule has 1 atom stereocenters. The molecule has 0 bridgehead atoms. The Kier molecular flexibility index (Phi) is 6.11. The third-order valence-electron chi connectivity index (χ3n) is 2.28. The van der Waals surface area contributed by atoms with E-state index in [-0.39, 0.29) is 19.2 Å². The predicted octanol–water partition coefficient (Wildman–Crippen LogP) is 0.421. The van der Waals surface area contributed by atoms with Gasteiger partial charge in [-0.3, -0.25) is 4.79 Å². The van der Waals surface area contributed by atoms with E-state index in [1.54, 1.807) is 6.07 Å². The maximum atomic E-state index is 11.1. The largest absolute Gasteiger partial charge is 0.448 e. The van der Waals surface area contributed by atoms with E-state index < -0.39 is 12.0 Å². The molecule has 0 saturated carbocycles. The molecule has 1 aromatic carbocycles. The topological polar surface area (TPSA) is 107 Å². The fourth-order valence-electron chi connectivity index (χ4n) is 1.40. The van der Waals surface area contributed by atoms with Gasteiger partial charge in [0.1, 0.15) is 6.61 Å². The zero-order valence-electron chi connectivity index (χ0n) is 10.3. The molecule has 7 heteroatoms. The summed E-state index contributed by atoms with van der Waals surface area (Å²) in [7, 11) is 0. The summed E-state index contributed by atoms with van der Waals surface area (Å²) in [6, 6.07) is 6.93. The number of alkyl carbamates (subject to hydrolysis) is 1. The Hall–Kier alpha value is -1.79. The lowest BCUT2D eigenvalue weighted by atomic mass is 10.1. The highest BCUT2D eigenvalue weighted by Crippen LogP contribution is 2.16. The normalized spacial score (nSPS) is 11.7. The summed E-state index contributed by atoms with van der Waals surface area (Å²) in [4.78, 5) is 21.6. The van der Waals surface area contributed by atoms with Crippen molar-refractivity contribution >= 4 is 23.6 Å². The molecule has 0 heterocycles. The lowest BCUT2D eigenvalue weighted by molar-refractivity contribution is -0.117. The average molecular weight is 286 g/mol. The van der Waals surface area contributed by atoms with Gasteiger partial charge in [-0.15, -0.1) is 0 Å². The van der Waals surface area contributed by atoms with Crippen LogP contribution in [0.5, 0.6) is 0 Å². The van der Waals surface area contributed by atoms with Gasteiger partial charge in [0.15, 0.2) is 0 Å². The van der Waals surface area contributed by atoms with Crippen molar-refractivity contribution in [2.24, 2.45) is 11.5 Å². The molecule has 5 N–H and O–H groups in total. The van der Waals surface area contributed by atoms with Crippen molar-refractivity contribution in [1.29, 1.82) is 0 Å². The fraction of sp³-hybridized carbons (Fsp3) is 0.333. The first-order valence-corrected chi connectivity index (χ1v) is 6.04. The highest BCUT2D eigenvalue weighted by Gasteiger charge is 2.10.